The van der Waals surface area contributed by atoms with Gasteiger partial charge in [0.25, 0.3) is 0 Å². The quantitative estimate of drug-likeness (QED) is 0.152. The minimum Gasteiger partial charge on any atom is -0.309 e. The van der Waals surface area contributed by atoms with Gasteiger partial charge in [0.05, 0.1) is 12.8 Å². The summed E-state index contributed by atoms with van der Waals surface area (Å²) >= 11 is 0. The Morgan fingerprint density at radius 1 is 0.680 bits per heavy atom. The van der Waals surface area contributed by atoms with Crippen molar-refractivity contribution in [2.24, 2.45) is 0 Å². The highest BCUT2D eigenvalue weighted by Crippen LogP contribution is 2.48. The zero-order valence-electron chi connectivity index (χ0n) is 17.0. The first-order chi connectivity index (χ1) is 12.2. The van der Waals surface area contributed by atoms with Gasteiger partial charge in [-0.15, -0.1) is 5.92 Å². The van der Waals surface area contributed by atoms with Gasteiger partial charge >= 0.3 is 7.60 Å². The molecule has 0 aromatic carbocycles. The molecule has 0 aliphatic carbocycles. The molecule has 4 heteroatoms. The molecule has 0 fully saturated rings. The molecule has 3 nitrogen and oxygen atoms in total. The van der Waals surface area contributed by atoms with Gasteiger partial charge < -0.3 is 4.52 Å². The van der Waals surface area contributed by atoms with Crippen LogP contribution in [0.5, 0.6) is 0 Å². The van der Waals surface area contributed by atoms with Crippen LogP contribution in [0, 0.1) is 11.8 Å². The molecule has 1 unspecified atom stereocenters. The molecular weight excluding hydrogens is 331 g/mol. The van der Waals surface area contributed by atoms with Crippen LogP contribution < -0.4 is 0 Å². The van der Waals surface area contributed by atoms with Crippen LogP contribution >= 0.6 is 7.60 Å². The highest BCUT2D eigenvalue weighted by molar-refractivity contribution is 7.53. The van der Waals surface area contributed by atoms with E-state index in [4.69, 9.17) is 9.05 Å². The van der Waals surface area contributed by atoms with Crippen LogP contribution in [0.1, 0.15) is 104 Å². The molecule has 0 saturated heterocycles. The normalized spacial score (nSPS) is 13.2. The van der Waals surface area contributed by atoms with Gasteiger partial charge in [-0.05, 0) is 19.3 Å². The largest absolute Gasteiger partial charge is 0.331 e. The average Bonchev–Trinajstić information content (AvgIpc) is 2.61. The van der Waals surface area contributed by atoms with Crippen molar-refractivity contribution in [3.8, 4) is 11.8 Å². The van der Waals surface area contributed by atoms with Crippen LogP contribution in [0.2, 0.25) is 0 Å². The van der Waals surface area contributed by atoms with Gasteiger partial charge in [-0.25, -0.2) is 0 Å². The Bertz CT molecular complexity index is 384. The highest BCUT2D eigenvalue weighted by Gasteiger charge is 2.23. The summed E-state index contributed by atoms with van der Waals surface area (Å²) in [4.78, 5) is 0. The summed E-state index contributed by atoms with van der Waals surface area (Å²) < 4.78 is 23.7. The van der Waals surface area contributed by atoms with E-state index in [0.717, 1.165) is 38.5 Å². The Balaban J connectivity index is 3.78. The van der Waals surface area contributed by atoms with Crippen LogP contribution in [0.3, 0.4) is 0 Å². The monoisotopic (exact) mass is 372 g/mol. The third-order valence-electron chi connectivity index (χ3n) is 4.19. The molecule has 0 N–H and O–H groups in total. The SMILES string of the molecule is CCCCCCCCCCC#CCOP(=O)(CCCC)OCCCC. The Labute approximate surface area is 157 Å². The van der Waals surface area contributed by atoms with E-state index in [1.165, 1.54) is 44.9 Å². The minimum atomic E-state index is -2.95. The molecule has 0 bridgehead atoms. The second-order valence-corrected chi connectivity index (χ2v) is 8.91. The van der Waals surface area contributed by atoms with Crippen LogP contribution in [0.15, 0.2) is 0 Å². The second-order valence-electron chi connectivity index (χ2n) is 6.73. The van der Waals surface area contributed by atoms with Gasteiger partial charge in [0.1, 0.15) is 6.61 Å². The Kier molecular flexibility index (Phi) is 18.3. The van der Waals surface area contributed by atoms with Crippen molar-refractivity contribution < 1.29 is 13.6 Å². The standard InChI is InChI=1S/C21H41O3P/c1-4-7-10-11-12-13-14-15-16-17-18-20-24-25(22,21-9-6-3)23-19-8-5-2/h4-16,19-21H2,1-3H3. The molecule has 0 aromatic heterocycles. The summed E-state index contributed by atoms with van der Waals surface area (Å²) in [6, 6.07) is 0. The number of hydrogen-bond donors (Lipinski definition) is 0. The first-order valence-electron chi connectivity index (χ1n) is 10.5. The summed E-state index contributed by atoms with van der Waals surface area (Å²) in [5, 5.41) is 0. The smallest absolute Gasteiger partial charge is 0.309 e. The van der Waals surface area contributed by atoms with Gasteiger partial charge in [0.15, 0.2) is 0 Å². The van der Waals surface area contributed by atoms with E-state index in [1.807, 2.05) is 0 Å². The maximum absolute atomic E-state index is 12.6. The fraction of sp³-hybridized carbons (Fsp3) is 0.905. The molecule has 1 atom stereocenters. The van der Waals surface area contributed by atoms with E-state index < -0.39 is 7.60 Å². The van der Waals surface area contributed by atoms with Crippen molar-refractivity contribution >= 4 is 7.60 Å². The van der Waals surface area contributed by atoms with Crippen molar-refractivity contribution in [1.82, 2.24) is 0 Å². The molecule has 0 radical (unpaired) electrons. The van der Waals surface area contributed by atoms with Gasteiger partial charge in [0.2, 0.25) is 0 Å². The molecule has 0 spiro atoms. The fourth-order valence-corrected chi connectivity index (χ4v) is 4.19. The number of unbranched alkanes of at least 4 members (excludes halogenated alkanes) is 10. The van der Waals surface area contributed by atoms with E-state index >= 15 is 0 Å². The molecule has 0 aromatic rings. The first kappa shape index (κ1) is 24.7. The van der Waals surface area contributed by atoms with Gasteiger partial charge in [0, 0.05) is 6.42 Å². The molecule has 0 aliphatic heterocycles. The van der Waals surface area contributed by atoms with E-state index in [-0.39, 0.29) is 6.61 Å². The van der Waals surface area contributed by atoms with Crippen molar-refractivity contribution in [3.05, 3.63) is 0 Å². The third kappa shape index (κ3) is 16.9. The third-order valence-corrected chi connectivity index (χ3v) is 6.15. The first-order valence-corrected chi connectivity index (χ1v) is 12.2. The van der Waals surface area contributed by atoms with Crippen molar-refractivity contribution in [1.29, 1.82) is 0 Å². The van der Waals surface area contributed by atoms with E-state index in [1.54, 1.807) is 0 Å². The van der Waals surface area contributed by atoms with Crippen molar-refractivity contribution in [2.45, 2.75) is 104 Å². The lowest BCUT2D eigenvalue weighted by atomic mass is 10.1. The van der Waals surface area contributed by atoms with Crippen LogP contribution in [-0.2, 0) is 13.6 Å². The lowest BCUT2D eigenvalue weighted by Gasteiger charge is -2.16. The van der Waals surface area contributed by atoms with Crippen LogP contribution in [0.25, 0.3) is 0 Å². The zero-order valence-corrected chi connectivity index (χ0v) is 17.9. The summed E-state index contributed by atoms with van der Waals surface area (Å²) in [7, 11) is -2.95. The highest BCUT2D eigenvalue weighted by atomic mass is 31.2. The van der Waals surface area contributed by atoms with E-state index in [2.05, 4.69) is 32.6 Å². The average molecular weight is 373 g/mol. The lowest BCUT2D eigenvalue weighted by Crippen LogP contribution is -2.02. The molecule has 0 amide bonds. The Morgan fingerprint density at radius 3 is 1.92 bits per heavy atom. The summed E-state index contributed by atoms with van der Waals surface area (Å²) in [5.41, 5.74) is 0. The molecule has 0 heterocycles. The molecule has 0 rings (SSSR count). The van der Waals surface area contributed by atoms with Gasteiger partial charge in [-0.3, -0.25) is 9.09 Å². The summed E-state index contributed by atoms with van der Waals surface area (Å²) in [6.45, 7) is 7.17. The van der Waals surface area contributed by atoms with Crippen LogP contribution in [0.4, 0.5) is 0 Å². The van der Waals surface area contributed by atoms with Gasteiger partial charge in [-0.1, -0.05) is 84.5 Å². The minimum absolute atomic E-state index is 0.226. The Morgan fingerprint density at radius 2 is 1.28 bits per heavy atom. The fourth-order valence-electron chi connectivity index (χ4n) is 2.48. The summed E-state index contributed by atoms with van der Waals surface area (Å²) in [6.07, 6.45) is 15.8. The van der Waals surface area contributed by atoms with Crippen LogP contribution in [-0.4, -0.2) is 19.4 Å². The van der Waals surface area contributed by atoms with Crippen molar-refractivity contribution in [3.63, 3.8) is 0 Å². The number of rotatable bonds is 17. The molecular formula is C21H41O3P. The molecule has 0 saturated carbocycles. The van der Waals surface area contributed by atoms with E-state index in [0.29, 0.717) is 12.8 Å². The second kappa shape index (κ2) is 18.5. The molecule has 25 heavy (non-hydrogen) atoms. The summed E-state index contributed by atoms with van der Waals surface area (Å²) in [5.74, 6) is 6.14. The molecule has 148 valence electrons. The lowest BCUT2D eigenvalue weighted by molar-refractivity contribution is 0.218. The van der Waals surface area contributed by atoms with Gasteiger partial charge in [-0.2, -0.15) is 0 Å². The zero-order chi connectivity index (χ0) is 18.6. The number of hydrogen-bond acceptors (Lipinski definition) is 3. The van der Waals surface area contributed by atoms with E-state index in [9.17, 15) is 4.57 Å². The molecule has 0 aliphatic rings. The predicted molar refractivity (Wildman–Crippen MR) is 109 cm³/mol. The maximum Gasteiger partial charge on any atom is 0.331 e. The van der Waals surface area contributed by atoms with Crippen molar-refractivity contribution in [2.75, 3.05) is 19.4 Å². The topological polar surface area (TPSA) is 35.5 Å². The maximum atomic E-state index is 12.6. The predicted octanol–water partition coefficient (Wildman–Crippen LogP) is 7.35. The Hall–Kier alpha value is -0.290.